The first-order valence-corrected chi connectivity index (χ1v) is 5.04. The van der Waals surface area contributed by atoms with Crippen molar-refractivity contribution in [3.05, 3.63) is 24.3 Å². The predicted octanol–water partition coefficient (Wildman–Crippen LogP) is 2.43. The van der Waals surface area contributed by atoms with Gasteiger partial charge in [0.05, 0.1) is 13.7 Å². The van der Waals surface area contributed by atoms with Crippen molar-refractivity contribution in [2.75, 3.05) is 24.4 Å². The highest BCUT2D eigenvalue weighted by molar-refractivity contribution is 5.88. The van der Waals surface area contributed by atoms with E-state index in [2.05, 4.69) is 15.4 Å². The third kappa shape index (κ3) is 4.42. The average Bonchev–Trinajstić information content (AvgIpc) is 2.29. The van der Waals surface area contributed by atoms with E-state index >= 15 is 0 Å². The van der Waals surface area contributed by atoms with Crippen LogP contribution in [0.4, 0.5) is 21.0 Å². The smallest absolute Gasteiger partial charge is 0.411 e. The molecule has 0 atom stereocenters. The van der Waals surface area contributed by atoms with Gasteiger partial charge in [0.15, 0.2) is 0 Å². The van der Waals surface area contributed by atoms with Gasteiger partial charge in [-0.15, -0.1) is 0 Å². The lowest BCUT2D eigenvalue weighted by Gasteiger charge is -2.07. The Labute approximate surface area is 98.9 Å². The molecule has 1 aromatic rings. The number of carbonyl (C=O) groups excluding carboxylic acids is 2. The van der Waals surface area contributed by atoms with Crippen LogP contribution in [0.5, 0.6) is 0 Å². The van der Waals surface area contributed by atoms with Crippen LogP contribution in [-0.2, 0) is 9.47 Å². The first-order valence-electron chi connectivity index (χ1n) is 5.04. The number of hydrogen-bond acceptors (Lipinski definition) is 4. The van der Waals surface area contributed by atoms with Crippen molar-refractivity contribution in [3.8, 4) is 0 Å². The third-order valence-corrected chi connectivity index (χ3v) is 1.82. The molecule has 0 aliphatic heterocycles. The number of ether oxygens (including phenoxy) is 2. The second-order valence-electron chi connectivity index (χ2n) is 3.04. The summed E-state index contributed by atoms with van der Waals surface area (Å²) in [6.07, 6.45) is -1.11. The lowest BCUT2D eigenvalue weighted by atomic mass is 10.3. The van der Waals surface area contributed by atoms with Crippen molar-refractivity contribution in [2.24, 2.45) is 0 Å². The fraction of sp³-hybridized carbons (Fsp3) is 0.273. The first-order chi connectivity index (χ1) is 8.15. The molecule has 0 spiro atoms. The molecule has 1 aromatic carbocycles. The fourth-order valence-electron chi connectivity index (χ4n) is 1.13. The molecule has 92 valence electrons. The Bertz CT molecular complexity index is 406. The highest BCUT2D eigenvalue weighted by atomic mass is 16.5. The summed E-state index contributed by atoms with van der Waals surface area (Å²) >= 11 is 0. The lowest BCUT2D eigenvalue weighted by molar-refractivity contribution is 0.168. The van der Waals surface area contributed by atoms with Gasteiger partial charge in [0, 0.05) is 11.4 Å². The summed E-state index contributed by atoms with van der Waals surface area (Å²) < 4.78 is 9.18. The van der Waals surface area contributed by atoms with Gasteiger partial charge in [0.25, 0.3) is 0 Å². The van der Waals surface area contributed by atoms with Gasteiger partial charge >= 0.3 is 12.2 Å². The van der Waals surface area contributed by atoms with Gasteiger partial charge in [-0.2, -0.15) is 0 Å². The van der Waals surface area contributed by atoms with Gasteiger partial charge in [-0.1, -0.05) is 6.07 Å². The summed E-state index contributed by atoms with van der Waals surface area (Å²) in [5, 5.41) is 5.01. The fourth-order valence-corrected chi connectivity index (χ4v) is 1.13. The number of carbonyl (C=O) groups is 2. The van der Waals surface area contributed by atoms with Crippen LogP contribution >= 0.6 is 0 Å². The minimum atomic E-state index is -0.571. The molecule has 0 aliphatic carbocycles. The summed E-state index contributed by atoms with van der Waals surface area (Å²) in [4.78, 5) is 22.1. The van der Waals surface area contributed by atoms with E-state index in [0.717, 1.165) is 0 Å². The maximum absolute atomic E-state index is 11.2. The Hall–Kier alpha value is -2.24. The van der Waals surface area contributed by atoms with E-state index in [1.807, 2.05) is 0 Å². The van der Waals surface area contributed by atoms with Gasteiger partial charge in [-0.25, -0.2) is 9.59 Å². The highest BCUT2D eigenvalue weighted by Gasteiger charge is 2.04. The molecule has 0 fully saturated rings. The topological polar surface area (TPSA) is 76.7 Å². The zero-order valence-electron chi connectivity index (χ0n) is 9.65. The molecule has 0 saturated carbocycles. The second-order valence-corrected chi connectivity index (χ2v) is 3.04. The van der Waals surface area contributed by atoms with Crippen LogP contribution in [0, 0.1) is 0 Å². The third-order valence-electron chi connectivity index (χ3n) is 1.82. The molecular formula is C11H14N2O4. The van der Waals surface area contributed by atoms with Crippen molar-refractivity contribution >= 4 is 23.6 Å². The van der Waals surface area contributed by atoms with Crippen LogP contribution in [-0.4, -0.2) is 25.9 Å². The van der Waals surface area contributed by atoms with Crippen LogP contribution in [0.3, 0.4) is 0 Å². The lowest BCUT2D eigenvalue weighted by Crippen LogP contribution is -2.14. The molecule has 17 heavy (non-hydrogen) atoms. The minimum absolute atomic E-state index is 0.298. The van der Waals surface area contributed by atoms with Crippen molar-refractivity contribution < 1.29 is 19.1 Å². The number of rotatable bonds is 3. The van der Waals surface area contributed by atoms with Gasteiger partial charge in [0.1, 0.15) is 0 Å². The van der Waals surface area contributed by atoms with Crippen LogP contribution in [0.1, 0.15) is 6.92 Å². The first kappa shape index (κ1) is 12.8. The molecule has 2 N–H and O–H groups in total. The normalized spacial score (nSPS) is 9.29. The Morgan fingerprint density at radius 3 is 2.29 bits per heavy atom. The molecule has 0 heterocycles. The number of methoxy groups -OCH3 is 1. The van der Waals surface area contributed by atoms with Crippen molar-refractivity contribution in [1.82, 2.24) is 0 Å². The molecule has 6 heteroatoms. The predicted molar refractivity (Wildman–Crippen MR) is 63.1 cm³/mol. The molecule has 0 unspecified atom stereocenters. The van der Waals surface area contributed by atoms with E-state index in [9.17, 15) is 9.59 Å². The Kier molecular flexibility index (Phi) is 4.80. The van der Waals surface area contributed by atoms with Crippen LogP contribution in [0.15, 0.2) is 24.3 Å². The van der Waals surface area contributed by atoms with Crippen molar-refractivity contribution in [3.63, 3.8) is 0 Å². The molecule has 0 aliphatic rings. The van der Waals surface area contributed by atoms with Crippen molar-refractivity contribution in [2.45, 2.75) is 6.92 Å². The molecule has 0 saturated heterocycles. The molecule has 1 rings (SSSR count). The highest BCUT2D eigenvalue weighted by Crippen LogP contribution is 2.15. The van der Waals surface area contributed by atoms with E-state index in [-0.39, 0.29) is 0 Å². The molecule has 2 amide bonds. The Balaban J connectivity index is 2.65. The van der Waals surface area contributed by atoms with Gasteiger partial charge in [-0.05, 0) is 25.1 Å². The molecule has 0 radical (unpaired) electrons. The summed E-state index contributed by atoms with van der Waals surface area (Å²) in [6.45, 7) is 2.01. The quantitative estimate of drug-likeness (QED) is 0.847. The molecule has 0 aromatic heterocycles. The maximum atomic E-state index is 11.2. The second kappa shape index (κ2) is 6.37. The van der Waals surface area contributed by atoms with E-state index in [1.54, 1.807) is 31.2 Å². The standard InChI is InChI=1S/C11H14N2O4/c1-3-17-11(15)13-9-6-4-5-8(7-9)12-10(14)16-2/h4-7H,3H2,1-2H3,(H,12,14)(H,13,15). The summed E-state index contributed by atoms with van der Waals surface area (Å²) in [5.74, 6) is 0. The molecule has 0 bridgehead atoms. The van der Waals surface area contributed by atoms with Crippen LogP contribution in [0.2, 0.25) is 0 Å². The van der Waals surface area contributed by atoms with Crippen LogP contribution in [0.25, 0.3) is 0 Å². The largest absolute Gasteiger partial charge is 0.453 e. The molecule has 6 nitrogen and oxygen atoms in total. The summed E-state index contributed by atoms with van der Waals surface area (Å²) in [5.41, 5.74) is 1.04. The number of anilines is 2. The number of amides is 2. The van der Waals surface area contributed by atoms with Gasteiger partial charge in [-0.3, -0.25) is 10.6 Å². The van der Waals surface area contributed by atoms with Gasteiger partial charge < -0.3 is 9.47 Å². The van der Waals surface area contributed by atoms with Gasteiger partial charge in [0.2, 0.25) is 0 Å². The summed E-state index contributed by atoms with van der Waals surface area (Å²) in [6, 6.07) is 6.63. The number of nitrogens with one attached hydrogen (secondary N) is 2. The summed E-state index contributed by atoms with van der Waals surface area (Å²) in [7, 11) is 1.27. The number of benzene rings is 1. The van der Waals surface area contributed by atoms with E-state index in [4.69, 9.17) is 4.74 Å². The molecular weight excluding hydrogens is 224 g/mol. The average molecular weight is 238 g/mol. The minimum Gasteiger partial charge on any atom is -0.453 e. The van der Waals surface area contributed by atoms with Crippen molar-refractivity contribution in [1.29, 1.82) is 0 Å². The SMILES string of the molecule is CCOC(=O)Nc1cccc(NC(=O)OC)c1. The van der Waals surface area contributed by atoms with E-state index in [1.165, 1.54) is 7.11 Å². The van der Waals surface area contributed by atoms with E-state index in [0.29, 0.717) is 18.0 Å². The monoisotopic (exact) mass is 238 g/mol. The zero-order chi connectivity index (χ0) is 12.7. The van der Waals surface area contributed by atoms with E-state index < -0.39 is 12.2 Å². The Morgan fingerprint density at radius 1 is 1.18 bits per heavy atom. The van der Waals surface area contributed by atoms with Crippen LogP contribution < -0.4 is 10.6 Å². The Morgan fingerprint density at radius 2 is 1.76 bits per heavy atom. The maximum Gasteiger partial charge on any atom is 0.411 e. The zero-order valence-corrected chi connectivity index (χ0v) is 9.65. The number of hydrogen-bond donors (Lipinski definition) is 2.